The molecule has 2 aromatic rings. The van der Waals surface area contributed by atoms with Crippen LogP contribution in [0, 0.1) is 11.8 Å². The van der Waals surface area contributed by atoms with E-state index < -0.39 is 0 Å². The van der Waals surface area contributed by atoms with Crippen LogP contribution in [-0.2, 0) is 0 Å². The standard InChI is InChI=1S/C16H11Cl2NO2/c17-12-7-8-13(14(18)10-12)16(21)19-15-6-2-1-4-11(15)5-3-9-20/h1-2,4,6-8,10,20H,9H2,(H,19,21). The van der Waals surface area contributed by atoms with Crippen LogP contribution >= 0.6 is 23.2 Å². The fourth-order valence-electron chi connectivity index (χ4n) is 1.70. The molecular formula is C16H11Cl2NO2. The second kappa shape index (κ2) is 7.14. The highest BCUT2D eigenvalue weighted by Gasteiger charge is 2.12. The summed E-state index contributed by atoms with van der Waals surface area (Å²) in [7, 11) is 0. The van der Waals surface area contributed by atoms with Crippen molar-refractivity contribution in [3.63, 3.8) is 0 Å². The number of hydrogen-bond acceptors (Lipinski definition) is 2. The first-order valence-electron chi connectivity index (χ1n) is 6.07. The molecule has 21 heavy (non-hydrogen) atoms. The normalized spacial score (nSPS) is 9.67. The first-order valence-corrected chi connectivity index (χ1v) is 6.82. The summed E-state index contributed by atoms with van der Waals surface area (Å²) in [5.74, 6) is 4.97. The first-order chi connectivity index (χ1) is 10.1. The molecule has 106 valence electrons. The molecule has 0 aliphatic rings. The number of para-hydroxylation sites is 1. The van der Waals surface area contributed by atoms with Crippen LogP contribution < -0.4 is 5.32 Å². The Morgan fingerprint density at radius 1 is 1.19 bits per heavy atom. The Morgan fingerprint density at radius 3 is 2.67 bits per heavy atom. The van der Waals surface area contributed by atoms with Crippen molar-refractivity contribution in [1.29, 1.82) is 0 Å². The minimum absolute atomic E-state index is 0.245. The zero-order valence-electron chi connectivity index (χ0n) is 10.9. The number of anilines is 1. The van der Waals surface area contributed by atoms with Gasteiger partial charge in [0, 0.05) is 10.6 Å². The molecule has 0 aliphatic heterocycles. The van der Waals surface area contributed by atoms with Gasteiger partial charge in [-0.1, -0.05) is 47.2 Å². The Kier molecular flexibility index (Phi) is 5.24. The van der Waals surface area contributed by atoms with E-state index in [-0.39, 0.29) is 17.5 Å². The van der Waals surface area contributed by atoms with Crippen LogP contribution in [0.3, 0.4) is 0 Å². The highest BCUT2D eigenvalue weighted by Crippen LogP contribution is 2.22. The lowest BCUT2D eigenvalue weighted by atomic mass is 10.1. The average Bonchev–Trinajstić information content (AvgIpc) is 2.46. The number of carbonyl (C=O) groups is 1. The summed E-state index contributed by atoms with van der Waals surface area (Å²) in [4.78, 5) is 12.2. The number of amides is 1. The number of aliphatic hydroxyl groups is 1. The fourth-order valence-corrected chi connectivity index (χ4v) is 2.19. The van der Waals surface area contributed by atoms with Gasteiger partial charge >= 0.3 is 0 Å². The van der Waals surface area contributed by atoms with Crippen molar-refractivity contribution < 1.29 is 9.90 Å². The number of benzene rings is 2. The summed E-state index contributed by atoms with van der Waals surface area (Å²) in [5.41, 5.74) is 1.49. The van der Waals surface area contributed by atoms with Crippen LogP contribution in [0.5, 0.6) is 0 Å². The lowest BCUT2D eigenvalue weighted by Gasteiger charge is -2.08. The molecule has 2 rings (SSSR count). The third kappa shape index (κ3) is 3.99. The molecule has 0 bridgehead atoms. The summed E-state index contributed by atoms with van der Waals surface area (Å²) >= 11 is 11.8. The second-order valence-electron chi connectivity index (χ2n) is 4.08. The van der Waals surface area contributed by atoms with Crippen molar-refractivity contribution in [2.75, 3.05) is 11.9 Å². The van der Waals surface area contributed by atoms with Crippen LogP contribution in [0.15, 0.2) is 42.5 Å². The molecule has 5 heteroatoms. The predicted molar refractivity (Wildman–Crippen MR) is 84.8 cm³/mol. The van der Waals surface area contributed by atoms with Gasteiger partial charge in [-0.3, -0.25) is 4.79 Å². The minimum Gasteiger partial charge on any atom is -0.384 e. The Morgan fingerprint density at radius 2 is 1.95 bits per heavy atom. The maximum Gasteiger partial charge on any atom is 0.257 e. The molecule has 0 heterocycles. The van der Waals surface area contributed by atoms with E-state index in [1.165, 1.54) is 6.07 Å². The van der Waals surface area contributed by atoms with E-state index >= 15 is 0 Å². The summed E-state index contributed by atoms with van der Waals surface area (Å²) in [6, 6.07) is 11.7. The molecule has 3 nitrogen and oxygen atoms in total. The third-order valence-corrected chi connectivity index (χ3v) is 3.20. The Bertz CT molecular complexity index is 733. The Labute approximate surface area is 132 Å². The molecular weight excluding hydrogens is 309 g/mol. The largest absolute Gasteiger partial charge is 0.384 e. The SMILES string of the molecule is O=C(Nc1ccccc1C#CCO)c1ccc(Cl)cc1Cl. The number of hydrogen-bond donors (Lipinski definition) is 2. The van der Waals surface area contributed by atoms with Crippen molar-refractivity contribution in [1.82, 2.24) is 0 Å². The molecule has 1 amide bonds. The third-order valence-electron chi connectivity index (χ3n) is 2.65. The van der Waals surface area contributed by atoms with Gasteiger partial charge in [0.15, 0.2) is 0 Å². The van der Waals surface area contributed by atoms with Gasteiger partial charge in [0.25, 0.3) is 5.91 Å². The van der Waals surface area contributed by atoms with Gasteiger partial charge in [-0.15, -0.1) is 0 Å². The van der Waals surface area contributed by atoms with Gasteiger partial charge in [-0.25, -0.2) is 0 Å². The molecule has 0 fully saturated rings. The van der Waals surface area contributed by atoms with Gasteiger partial charge < -0.3 is 10.4 Å². The summed E-state index contributed by atoms with van der Waals surface area (Å²) in [6.45, 7) is -0.245. The lowest BCUT2D eigenvalue weighted by Crippen LogP contribution is -2.13. The van der Waals surface area contributed by atoms with Crippen LogP contribution in [0.25, 0.3) is 0 Å². The maximum absolute atomic E-state index is 12.2. The molecule has 0 aliphatic carbocycles. The van der Waals surface area contributed by atoms with Crippen LogP contribution in [0.4, 0.5) is 5.69 Å². The van der Waals surface area contributed by atoms with Crippen molar-refractivity contribution in [3.05, 3.63) is 63.6 Å². The smallest absolute Gasteiger partial charge is 0.257 e. The number of halogens is 2. The summed E-state index contributed by atoms with van der Waals surface area (Å²) in [6.07, 6.45) is 0. The van der Waals surface area contributed by atoms with Crippen molar-refractivity contribution in [2.45, 2.75) is 0 Å². The number of rotatable bonds is 2. The van der Waals surface area contributed by atoms with E-state index in [2.05, 4.69) is 17.2 Å². The molecule has 0 spiro atoms. The van der Waals surface area contributed by atoms with Crippen molar-refractivity contribution in [3.8, 4) is 11.8 Å². The highest BCUT2D eigenvalue weighted by molar-refractivity contribution is 6.37. The quantitative estimate of drug-likeness (QED) is 0.831. The maximum atomic E-state index is 12.2. The lowest BCUT2D eigenvalue weighted by molar-refractivity contribution is 0.102. The molecule has 0 aromatic heterocycles. The highest BCUT2D eigenvalue weighted by atomic mass is 35.5. The van der Waals surface area contributed by atoms with Gasteiger partial charge in [-0.05, 0) is 30.3 Å². The first kappa shape index (κ1) is 15.4. The van der Waals surface area contributed by atoms with Crippen LogP contribution in [-0.4, -0.2) is 17.6 Å². The minimum atomic E-state index is -0.352. The van der Waals surface area contributed by atoms with E-state index in [4.69, 9.17) is 28.3 Å². The van der Waals surface area contributed by atoms with E-state index in [9.17, 15) is 4.79 Å². The fraction of sp³-hybridized carbons (Fsp3) is 0.0625. The van der Waals surface area contributed by atoms with E-state index in [1.54, 1.807) is 36.4 Å². The zero-order chi connectivity index (χ0) is 15.2. The molecule has 0 unspecified atom stereocenters. The topological polar surface area (TPSA) is 49.3 Å². The average molecular weight is 320 g/mol. The van der Waals surface area contributed by atoms with Gasteiger partial charge in [0.1, 0.15) is 6.61 Å². The van der Waals surface area contributed by atoms with Crippen molar-refractivity contribution in [2.24, 2.45) is 0 Å². The van der Waals surface area contributed by atoms with E-state index in [0.717, 1.165) is 0 Å². The predicted octanol–water partition coefficient (Wildman–Crippen LogP) is 3.59. The summed E-state index contributed by atoms with van der Waals surface area (Å²) in [5, 5.41) is 12.2. The van der Waals surface area contributed by atoms with Gasteiger partial charge in [0.05, 0.1) is 16.3 Å². The molecule has 0 atom stereocenters. The monoisotopic (exact) mass is 319 g/mol. The number of carbonyl (C=O) groups excluding carboxylic acids is 1. The zero-order valence-corrected chi connectivity index (χ0v) is 12.4. The van der Waals surface area contributed by atoms with Gasteiger partial charge in [0.2, 0.25) is 0 Å². The van der Waals surface area contributed by atoms with E-state index in [1.807, 2.05) is 0 Å². The van der Waals surface area contributed by atoms with Crippen LogP contribution in [0.1, 0.15) is 15.9 Å². The second-order valence-corrected chi connectivity index (χ2v) is 4.93. The number of nitrogens with one attached hydrogen (secondary N) is 1. The molecule has 2 N–H and O–H groups in total. The Balaban J connectivity index is 2.27. The Hall–Kier alpha value is -1.99. The molecule has 0 saturated carbocycles. The molecule has 0 saturated heterocycles. The van der Waals surface area contributed by atoms with Crippen molar-refractivity contribution >= 4 is 34.8 Å². The molecule has 0 radical (unpaired) electrons. The summed E-state index contributed by atoms with van der Waals surface area (Å²) < 4.78 is 0. The van der Waals surface area contributed by atoms with Gasteiger partial charge in [-0.2, -0.15) is 0 Å². The van der Waals surface area contributed by atoms with Crippen LogP contribution in [0.2, 0.25) is 10.0 Å². The van der Waals surface area contributed by atoms with E-state index in [0.29, 0.717) is 21.8 Å². The number of aliphatic hydroxyl groups excluding tert-OH is 1. The molecule has 2 aromatic carbocycles.